The number of nitrogens with zero attached hydrogens (tertiary/aromatic N) is 1. The van der Waals surface area contributed by atoms with Crippen molar-refractivity contribution in [3.63, 3.8) is 0 Å². The molecule has 1 unspecified atom stereocenters. The summed E-state index contributed by atoms with van der Waals surface area (Å²) in [7, 11) is 0. The molecule has 0 aromatic heterocycles. The maximum Gasteiger partial charge on any atom is 0.226 e. The average Bonchev–Trinajstić information content (AvgIpc) is 2.99. The highest BCUT2D eigenvalue weighted by Crippen LogP contribution is 2.21. The lowest BCUT2D eigenvalue weighted by molar-refractivity contribution is -0.129. The Labute approximate surface area is 143 Å². The summed E-state index contributed by atoms with van der Waals surface area (Å²) in [6.07, 6.45) is 2.63. The van der Waals surface area contributed by atoms with Crippen LogP contribution in [0.3, 0.4) is 0 Å². The number of anilines is 1. The number of benzene rings is 2. The van der Waals surface area contributed by atoms with Crippen LogP contribution in [0.2, 0.25) is 0 Å². The van der Waals surface area contributed by atoms with Gasteiger partial charge in [-0.05, 0) is 42.0 Å². The molecular weight excluding hydrogens is 308 g/mol. The Balaban J connectivity index is 0.00000192. The zero-order valence-corrected chi connectivity index (χ0v) is 14.0. The van der Waals surface area contributed by atoms with Gasteiger partial charge in [0.05, 0.1) is 6.42 Å². The van der Waals surface area contributed by atoms with Crippen LogP contribution in [-0.2, 0) is 17.6 Å². The van der Waals surface area contributed by atoms with Crippen LogP contribution in [0.1, 0.15) is 17.5 Å². The number of nitrogen functional groups attached to an aromatic ring is 1. The summed E-state index contributed by atoms with van der Waals surface area (Å²) < 4.78 is 0. The van der Waals surface area contributed by atoms with Crippen molar-refractivity contribution in [3.8, 4) is 0 Å². The molecule has 122 valence electrons. The Kier molecular flexibility index (Phi) is 6.05. The molecule has 0 bridgehead atoms. The van der Waals surface area contributed by atoms with E-state index in [4.69, 9.17) is 5.73 Å². The molecule has 1 atom stereocenters. The molecule has 1 aliphatic heterocycles. The van der Waals surface area contributed by atoms with E-state index in [-0.39, 0.29) is 18.3 Å². The summed E-state index contributed by atoms with van der Waals surface area (Å²) in [5.74, 6) is 0.804. The van der Waals surface area contributed by atoms with E-state index in [1.165, 1.54) is 5.56 Å². The Morgan fingerprint density at radius 1 is 1.04 bits per heavy atom. The standard InChI is InChI=1S/C19H22N2O.ClH/c20-18-8-6-16(7-9-18)13-19(22)21-11-10-17(14-21)12-15-4-2-1-3-5-15;/h1-9,17H,10-14,20H2;1H. The maximum atomic E-state index is 12.4. The van der Waals surface area contributed by atoms with Crippen molar-refractivity contribution >= 4 is 24.0 Å². The number of hydrogen-bond donors (Lipinski definition) is 1. The summed E-state index contributed by atoms with van der Waals surface area (Å²) in [6, 6.07) is 18.1. The Morgan fingerprint density at radius 2 is 1.74 bits per heavy atom. The van der Waals surface area contributed by atoms with Gasteiger partial charge in [0.2, 0.25) is 5.91 Å². The predicted molar refractivity (Wildman–Crippen MR) is 96.6 cm³/mol. The van der Waals surface area contributed by atoms with E-state index in [2.05, 4.69) is 24.3 Å². The maximum absolute atomic E-state index is 12.4. The van der Waals surface area contributed by atoms with E-state index in [1.54, 1.807) is 0 Å². The lowest BCUT2D eigenvalue weighted by atomic mass is 9.99. The fourth-order valence-electron chi connectivity index (χ4n) is 3.10. The zero-order valence-electron chi connectivity index (χ0n) is 13.2. The molecule has 3 rings (SSSR count). The number of halogens is 1. The number of rotatable bonds is 4. The molecule has 0 aliphatic carbocycles. The number of likely N-dealkylation sites (tertiary alicyclic amines) is 1. The van der Waals surface area contributed by atoms with Crippen LogP contribution in [0.25, 0.3) is 0 Å². The van der Waals surface area contributed by atoms with E-state index >= 15 is 0 Å². The van der Waals surface area contributed by atoms with Gasteiger partial charge in [0.15, 0.2) is 0 Å². The van der Waals surface area contributed by atoms with Gasteiger partial charge in [-0.25, -0.2) is 0 Å². The van der Waals surface area contributed by atoms with E-state index in [0.29, 0.717) is 12.3 Å². The van der Waals surface area contributed by atoms with Crippen molar-refractivity contribution in [2.45, 2.75) is 19.3 Å². The topological polar surface area (TPSA) is 46.3 Å². The van der Waals surface area contributed by atoms with E-state index in [0.717, 1.165) is 37.2 Å². The van der Waals surface area contributed by atoms with Crippen LogP contribution < -0.4 is 5.73 Å². The first-order valence-corrected chi connectivity index (χ1v) is 7.87. The Bertz CT molecular complexity index is 628. The van der Waals surface area contributed by atoms with Gasteiger partial charge in [-0.1, -0.05) is 42.5 Å². The molecule has 1 saturated heterocycles. The minimum absolute atomic E-state index is 0. The minimum Gasteiger partial charge on any atom is -0.399 e. The molecule has 3 nitrogen and oxygen atoms in total. The minimum atomic E-state index is 0. The second kappa shape index (κ2) is 8.02. The molecule has 2 aromatic carbocycles. The normalized spacial score (nSPS) is 16.9. The van der Waals surface area contributed by atoms with Crippen molar-refractivity contribution in [3.05, 3.63) is 65.7 Å². The molecule has 23 heavy (non-hydrogen) atoms. The van der Waals surface area contributed by atoms with Crippen LogP contribution >= 0.6 is 12.4 Å². The monoisotopic (exact) mass is 330 g/mol. The molecule has 4 heteroatoms. The summed E-state index contributed by atoms with van der Waals surface area (Å²) in [5.41, 5.74) is 8.81. The molecule has 1 heterocycles. The van der Waals surface area contributed by atoms with Gasteiger partial charge >= 0.3 is 0 Å². The molecule has 1 amide bonds. The summed E-state index contributed by atoms with van der Waals surface area (Å²) in [5, 5.41) is 0. The number of amides is 1. The SMILES string of the molecule is Cl.Nc1ccc(CC(=O)N2CCC(Cc3ccccc3)C2)cc1. The van der Waals surface area contributed by atoms with Crippen molar-refractivity contribution in [1.82, 2.24) is 4.90 Å². The van der Waals surface area contributed by atoms with Crippen LogP contribution in [-0.4, -0.2) is 23.9 Å². The summed E-state index contributed by atoms with van der Waals surface area (Å²) in [4.78, 5) is 14.4. The van der Waals surface area contributed by atoms with E-state index in [1.807, 2.05) is 35.2 Å². The Morgan fingerprint density at radius 3 is 2.43 bits per heavy atom. The molecule has 0 saturated carbocycles. The van der Waals surface area contributed by atoms with Crippen molar-refractivity contribution in [1.29, 1.82) is 0 Å². The highest BCUT2D eigenvalue weighted by molar-refractivity contribution is 5.85. The first-order valence-electron chi connectivity index (χ1n) is 7.87. The van der Waals surface area contributed by atoms with Gasteiger partial charge in [0, 0.05) is 18.8 Å². The molecule has 1 fully saturated rings. The molecule has 0 spiro atoms. The summed E-state index contributed by atoms with van der Waals surface area (Å²) >= 11 is 0. The van der Waals surface area contributed by atoms with Crippen LogP contribution in [0, 0.1) is 5.92 Å². The van der Waals surface area contributed by atoms with Gasteiger partial charge in [0.25, 0.3) is 0 Å². The number of carbonyl (C=O) groups is 1. The largest absolute Gasteiger partial charge is 0.399 e. The first-order chi connectivity index (χ1) is 10.7. The molecule has 0 radical (unpaired) electrons. The van der Waals surface area contributed by atoms with Gasteiger partial charge in [-0.2, -0.15) is 0 Å². The zero-order chi connectivity index (χ0) is 15.4. The van der Waals surface area contributed by atoms with Gasteiger partial charge < -0.3 is 10.6 Å². The van der Waals surface area contributed by atoms with Crippen LogP contribution in [0.5, 0.6) is 0 Å². The fourth-order valence-corrected chi connectivity index (χ4v) is 3.10. The third kappa shape index (κ3) is 4.73. The second-order valence-electron chi connectivity index (χ2n) is 6.10. The highest BCUT2D eigenvalue weighted by atomic mass is 35.5. The third-order valence-corrected chi connectivity index (χ3v) is 4.34. The first kappa shape index (κ1) is 17.4. The van der Waals surface area contributed by atoms with Gasteiger partial charge in [-0.3, -0.25) is 4.79 Å². The number of hydrogen-bond acceptors (Lipinski definition) is 2. The fraction of sp³-hybridized carbons (Fsp3) is 0.316. The lowest BCUT2D eigenvalue weighted by Gasteiger charge is -2.17. The summed E-state index contributed by atoms with van der Waals surface area (Å²) in [6.45, 7) is 1.76. The third-order valence-electron chi connectivity index (χ3n) is 4.34. The van der Waals surface area contributed by atoms with Crippen molar-refractivity contribution in [2.24, 2.45) is 5.92 Å². The molecule has 1 aliphatic rings. The van der Waals surface area contributed by atoms with Gasteiger partial charge in [-0.15, -0.1) is 12.4 Å². The van der Waals surface area contributed by atoms with Crippen molar-refractivity contribution in [2.75, 3.05) is 18.8 Å². The van der Waals surface area contributed by atoms with Crippen LogP contribution in [0.15, 0.2) is 54.6 Å². The molecule has 2 N–H and O–H groups in total. The van der Waals surface area contributed by atoms with Gasteiger partial charge in [0.1, 0.15) is 0 Å². The van der Waals surface area contributed by atoms with E-state index < -0.39 is 0 Å². The highest BCUT2D eigenvalue weighted by Gasteiger charge is 2.26. The van der Waals surface area contributed by atoms with Crippen LogP contribution in [0.4, 0.5) is 5.69 Å². The number of nitrogens with two attached hydrogens (primary N) is 1. The average molecular weight is 331 g/mol. The molecular formula is C19H23ClN2O. The predicted octanol–water partition coefficient (Wildman–Crippen LogP) is 3.32. The Hall–Kier alpha value is -2.00. The quantitative estimate of drug-likeness (QED) is 0.874. The smallest absolute Gasteiger partial charge is 0.226 e. The van der Waals surface area contributed by atoms with E-state index in [9.17, 15) is 4.79 Å². The number of carbonyl (C=O) groups excluding carboxylic acids is 1. The lowest BCUT2D eigenvalue weighted by Crippen LogP contribution is -2.30. The second-order valence-corrected chi connectivity index (χ2v) is 6.10. The molecule has 2 aromatic rings. The van der Waals surface area contributed by atoms with Crippen molar-refractivity contribution < 1.29 is 4.79 Å².